The van der Waals surface area contributed by atoms with Crippen molar-refractivity contribution in [1.82, 2.24) is 10.6 Å². The molecule has 0 aliphatic carbocycles. The smallest absolute Gasteiger partial charge is 0.408 e. The van der Waals surface area contributed by atoms with Gasteiger partial charge in [0.2, 0.25) is 5.91 Å². The second kappa shape index (κ2) is 8.82. The van der Waals surface area contributed by atoms with Gasteiger partial charge in [-0.15, -0.1) is 0 Å². The molecule has 0 aliphatic heterocycles. The van der Waals surface area contributed by atoms with Gasteiger partial charge in [0.1, 0.15) is 11.6 Å². The van der Waals surface area contributed by atoms with Crippen LogP contribution in [-0.2, 0) is 9.53 Å². The van der Waals surface area contributed by atoms with Crippen molar-refractivity contribution in [3.8, 4) is 0 Å². The molecule has 0 saturated heterocycles. The van der Waals surface area contributed by atoms with Gasteiger partial charge in [0.25, 0.3) is 0 Å². The van der Waals surface area contributed by atoms with Gasteiger partial charge >= 0.3 is 6.09 Å². The van der Waals surface area contributed by atoms with E-state index in [4.69, 9.17) is 4.74 Å². The molecule has 5 heteroatoms. The molecule has 0 heterocycles. The van der Waals surface area contributed by atoms with Crippen molar-refractivity contribution in [3.63, 3.8) is 0 Å². The lowest BCUT2D eigenvalue weighted by molar-refractivity contribution is -0.124. The quantitative estimate of drug-likeness (QED) is 0.707. The van der Waals surface area contributed by atoms with Crippen LogP contribution in [0.25, 0.3) is 0 Å². The molecular formula is C15H30N2O3. The van der Waals surface area contributed by atoms with Crippen LogP contribution < -0.4 is 10.6 Å². The van der Waals surface area contributed by atoms with Gasteiger partial charge < -0.3 is 15.4 Å². The second-order valence-corrected chi connectivity index (χ2v) is 6.15. The van der Waals surface area contributed by atoms with Gasteiger partial charge in [0, 0.05) is 6.54 Å². The van der Waals surface area contributed by atoms with Gasteiger partial charge in [-0.25, -0.2) is 4.79 Å². The van der Waals surface area contributed by atoms with E-state index < -0.39 is 17.7 Å². The van der Waals surface area contributed by atoms with Crippen molar-refractivity contribution < 1.29 is 14.3 Å². The number of carbonyl (C=O) groups is 2. The standard InChI is InChI=1S/C15H30N2O3/c1-7-9-10-16-13(18)12(11(3)8-2)17-14(19)20-15(4,5)6/h11-12H,7-10H2,1-6H3,(H,16,18)(H,17,19)/t11?,12-/m0/s1. The van der Waals surface area contributed by atoms with E-state index in [9.17, 15) is 9.59 Å². The highest BCUT2D eigenvalue weighted by Gasteiger charge is 2.27. The Morgan fingerprint density at radius 3 is 2.25 bits per heavy atom. The van der Waals surface area contributed by atoms with Crippen molar-refractivity contribution in [3.05, 3.63) is 0 Å². The lowest BCUT2D eigenvalue weighted by atomic mass is 9.98. The molecule has 2 N–H and O–H groups in total. The van der Waals surface area contributed by atoms with Gasteiger partial charge in [-0.3, -0.25) is 4.79 Å². The van der Waals surface area contributed by atoms with Gasteiger partial charge in [-0.05, 0) is 33.1 Å². The molecule has 0 aromatic carbocycles. The fourth-order valence-corrected chi connectivity index (χ4v) is 1.63. The molecule has 118 valence electrons. The minimum absolute atomic E-state index is 0.0594. The second-order valence-electron chi connectivity index (χ2n) is 6.15. The molecule has 0 fully saturated rings. The highest BCUT2D eigenvalue weighted by molar-refractivity contribution is 5.85. The summed E-state index contributed by atoms with van der Waals surface area (Å²) in [5.41, 5.74) is -0.567. The highest BCUT2D eigenvalue weighted by Crippen LogP contribution is 2.11. The van der Waals surface area contributed by atoms with Crippen LogP contribution in [0.1, 0.15) is 60.8 Å². The number of alkyl carbamates (subject to hydrolysis) is 1. The minimum atomic E-state index is -0.567. The van der Waals surface area contributed by atoms with Crippen LogP contribution >= 0.6 is 0 Å². The lowest BCUT2D eigenvalue weighted by Gasteiger charge is -2.26. The summed E-state index contributed by atoms with van der Waals surface area (Å²) in [4.78, 5) is 23.9. The zero-order chi connectivity index (χ0) is 15.8. The number of hydrogen-bond acceptors (Lipinski definition) is 3. The van der Waals surface area contributed by atoms with Crippen molar-refractivity contribution in [2.24, 2.45) is 5.92 Å². The van der Waals surface area contributed by atoms with Gasteiger partial charge in [0.15, 0.2) is 0 Å². The average molecular weight is 286 g/mol. The van der Waals surface area contributed by atoms with Crippen LogP contribution in [0.3, 0.4) is 0 Å². The first-order chi connectivity index (χ1) is 9.21. The summed E-state index contributed by atoms with van der Waals surface area (Å²) in [7, 11) is 0. The lowest BCUT2D eigenvalue weighted by Crippen LogP contribution is -2.51. The predicted octanol–water partition coefficient (Wildman–Crippen LogP) is 2.84. The molecule has 0 aromatic heterocycles. The van der Waals surface area contributed by atoms with Crippen LogP contribution in [-0.4, -0.2) is 30.2 Å². The van der Waals surface area contributed by atoms with Crippen molar-refractivity contribution >= 4 is 12.0 Å². The van der Waals surface area contributed by atoms with Crippen LogP contribution in [0.2, 0.25) is 0 Å². The largest absolute Gasteiger partial charge is 0.444 e. The number of unbranched alkanes of at least 4 members (excludes halogenated alkanes) is 1. The Hall–Kier alpha value is -1.26. The zero-order valence-corrected chi connectivity index (χ0v) is 13.7. The van der Waals surface area contributed by atoms with E-state index in [1.54, 1.807) is 20.8 Å². The molecule has 0 bridgehead atoms. The van der Waals surface area contributed by atoms with Crippen LogP contribution in [0, 0.1) is 5.92 Å². The summed E-state index contributed by atoms with van der Waals surface area (Å²) in [5, 5.41) is 5.54. The third-order valence-corrected chi connectivity index (χ3v) is 3.00. The number of amides is 2. The topological polar surface area (TPSA) is 67.4 Å². The van der Waals surface area contributed by atoms with Gasteiger partial charge in [-0.2, -0.15) is 0 Å². The molecule has 2 atom stereocenters. The molecule has 20 heavy (non-hydrogen) atoms. The van der Waals surface area contributed by atoms with Crippen molar-refractivity contribution in [2.45, 2.75) is 72.4 Å². The van der Waals surface area contributed by atoms with Gasteiger partial charge in [0.05, 0.1) is 0 Å². The van der Waals surface area contributed by atoms with E-state index in [0.29, 0.717) is 6.54 Å². The Kier molecular flexibility index (Phi) is 8.26. The Labute approximate surface area is 122 Å². The first kappa shape index (κ1) is 18.7. The monoisotopic (exact) mass is 286 g/mol. The van der Waals surface area contributed by atoms with Crippen molar-refractivity contribution in [2.75, 3.05) is 6.54 Å². The molecule has 0 radical (unpaired) electrons. The van der Waals surface area contributed by atoms with Crippen LogP contribution in [0.15, 0.2) is 0 Å². The van der Waals surface area contributed by atoms with E-state index in [1.165, 1.54) is 0 Å². The summed E-state index contributed by atoms with van der Waals surface area (Å²) in [6.45, 7) is 12.0. The summed E-state index contributed by atoms with van der Waals surface area (Å²) in [6, 6.07) is -0.549. The molecule has 0 rings (SSSR count). The molecule has 0 aliphatic rings. The molecule has 0 spiro atoms. The fraction of sp³-hybridized carbons (Fsp3) is 0.867. The normalized spacial score (nSPS) is 14.3. The third kappa shape index (κ3) is 8.02. The Balaban J connectivity index is 4.56. The maximum absolute atomic E-state index is 12.1. The van der Waals surface area contributed by atoms with E-state index in [0.717, 1.165) is 19.3 Å². The van der Waals surface area contributed by atoms with Gasteiger partial charge in [-0.1, -0.05) is 33.6 Å². The van der Waals surface area contributed by atoms with E-state index in [1.807, 2.05) is 13.8 Å². The number of nitrogens with one attached hydrogen (secondary N) is 2. The molecule has 5 nitrogen and oxygen atoms in total. The summed E-state index contributed by atoms with van der Waals surface area (Å²) < 4.78 is 5.21. The molecule has 2 amide bonds. The molecule has 0 aromatic rings. The Bertz CT molecular complexity index is 311. The summed E-state index contributed by atoms with van der Waals surface area (Å²) in [5.74, 6) is -0.0807. The Morgan fingerprint density at radius 2 is 1.80 bits per heavy atom. The molecule has 0 saturated carbocycles. The number of hydrogen-bond donors (Lipinski definition) is 2. The molecule has 1 unspecified atom stereocenters. The first-order valence-corrected chi connectivity index (χ1v) is 7.48. The maximum atomic E-state index is 12.1. The van der Waals surface area contributed by atoms with Crippen LogP contribution in [0.5, 0.6) is 0 Å². The van der Waals surface area contributed by atoms with E-state index >= 15 is 0 Å². The average Bonchev–Trinajstić information content (AvgIpc) is 2.33. The number of rotatable bonds is 7. The van der Waals surface area contributed by atoms with Crippen molar-refractivity contribution in [1.29, 1.82) is 0 Å². The van der Waals surface area contributed by atoms with E-state index in [-0.39, 0.29) is 11.8 Å². The first-order valence-electron chi connectivity index (χ1n) is 7.48. The number of ether oxygens (including phenoxy) is 1. The summed E-state index contributed by atoms with van der Waals surface area (Å²) in [6.07, 6.45) is 2.22. The highest BCUT2D eigenvalue weighted by atomic mass is 16.6. The summed E-state index contributed by atoms with van der Waals surface area (Å²) >= 11 is 0. The zero-order valence-electron chi connectivity index (χ0n) is 13.7. The Morgan fingerprint density at radius 1 is 1.20 bits per heavy atom. The SMILES string of the molecule is CCCCNC(=O)[C@@H](NC(=O)OC(C)(C)C)C(C)CC. The predicted molar refractivity (Wildman–Crippen MR) is 80.5 cm³/mol. The van der Waals surface area contributed by atoms with Crippen LogP contribution in [0.4, 0.5) is 4.79 Å². The third-order valence-electron chi connectivity index (χ3n) is 3.00. The fourth-order valence-electron chi connectivity index (χ4n) is 1.63. The number of carbonyl (C=O) groups excluding carboxylic acids is 2. The minimum Gasteiger partial charge on any atom is -0.444 e. The maximum Gasteiger partial charge on any atom is 0.408 e. The van der Waals surface area contributed by atoms with E-state index in [2.05, 4.69) is 17.6 Å². The molecular weight excluding hydrogens is 256 g/mol.